The molecule has 0 radical (unpaired) electrons. The van der Waals surface area contributed by atoms with E-state index >= 15 is 0 Å². The van der Waals surface area contributed by atoms with Crippen molar-refractivity contribution in [3.8, 4) is 0 Å². The molecule has 0 bridgehead atoms. The van der Waals surface area contributed by atoms with Crippen LogP contribution in [0.1, 0.15) is 32.6 Å². The molecular weight excluding hydrogens is 152 g/mol. The van der Waals surface area contributed by atoms with Gasteiger partial charge in [0, 0.05) is 13.2 Å². The standard InChI is InChI=1S/C10H20O2/c1-3-5-6-10(11)7-9-12-8-4-2/h3,10-11H,1,4-9H2,2H3. The molecule has 0 aliphatic heterocycles. The van der Waals surface area contributed by atoms with E-state index in [1.165, 1.54) is 0 Å². The van der Waals surface area contributed by atoms with Gasteiger partial charge in [0.2, 0.25) is 0 Å². The van der Waals surface area contributed by atoms with Crippen molar-refractivity contribution in [2.75, 3.05) is 13.2 Å². The Bertz CT molecular complexity index is 102. The summed E-state index contributed by atoms with van der Waals surface area (Å²) in [5.74, 6) is 0. The molecule has 0 saturated carbocycles. The van der Waals surface area contributed by atoms with Crippen LogP contribution in [0.2, 0.25) is 0 Å². The number of aliphatic hydroxyl groups is 1. The van der Waals surface area contributed by atoms with Gasteiger partial charge in [-0.1, -0.05) is 13.0 Å². The zero-order chi connectivity index (χ0) is 9.23. The second-order valence-corrected chi connectivity index (χ2v) is 2.92. The number of hydrogen-bond donors (Lipinski definition) is 1. The molecule has 0 aromatic rings. The fraction of sp³-hybridized carbons (Fsp3) is 0.800. The van der Waals surface area contributed by atoms with Crippen molar-refractivity contribution in [3.63, 3.8) is 0 Å². The second-order valence-electron chi connectivity index (χ2n) is 2.92. The van der Waals surface area contributed by atoms with Crippen LogP contribution in [0.15, 0.2) is 12.7 Å². The van der Waals surface area contributed by atoms with Gasteiger partial charge in [0.15, 0.2) is 0 Å². The summed E-state index contributed by atoms with van der Waals surface area (Å²) in [7, 11) is 0. The van der Waals surface area contributed by atoms with Crippen molar-refractivity contribution in [3.05, 3.63) is 12.7 Å². The number of ether oxygens (including phenoxy) is 1. The van der Waals surface area contributed by atoms with Crippen LogP contribution in [0.25, 0.3) is 0 Å². The van der Waals surface area contributed by atoms with Crippen molar-refractivity contribution in [1.29, 1.82) is 0 Å². The van der Waals surface area contributed by atoms with Crippen LogP contribution in [0.3, 0.4) is 0 Å². The van der Waals surface area contributed by atoms with E-state index in [1.807, 2.05) is 6.08 Å². The third-order valence-corrected chi connectivity index (χ3v) is 1.65. The predicted octanol–water partition coefficient (Wildman–Crippen LogP) is 2.13. The lowest BCUT2D eigenvalue weighted by Crippen LogP contribution is -2.10. The Hall–Kier alpha value is -0.340. The van der Waals surface area contributed by atoms with Gasteiger partial charge in [-0.3, -0.25) is 0 Å². The fourth-order valence-corrected chi connectivity index (χ4v) is 0.920. The largest absolute Gasteiger partial charge is 0.393 e. The molecule has 0 saturated heterocycles. The SMILES string of the molecule is C=CCCC(O)CCOCCC. The molecule has 72 valence electrons. The van der Waals surface area contributed by atoms with Crippen molar-refractivity contribution < 1.29 is 9.84 Å². The topological polar surface area (TPSA) is 29.5 Å². The Morgan fingerprint density at radius 3 is 2.75 bits per heavy atom. The first-order chi connectivity index (χ1) is 5.81. The lowest BCUT2D eigenvalue weighted by atomic mass is 10.1. The highest BCUT2D eigenvalue weighted by Crippen LogP contribution is 2.02. The molecule has 0 fully saturated rings. The van der Waals surface area contributed by atoms with Crippen molar-refractivity contribution in [2.45, 2.75) is 38.7 Å². The normalized spacial score (nSPS) is 12.8. The summed E-state index contributed by atoms with van der Waals surface area (Å²) in [5, 5.41) is 9.35. The van der Waals surface area contributed by atoms with Crippen LogP contribution in [-0.2, 0) is 4.74 Å². The first kappa shape index (κ1) is 11.7. The summed E-state index contributed by atoms with van der Waals surface area (Å²) in [5.41, 5.74) is 0. The molecule has 0 aliphatic rings. The van der Waals surface area contributed by atoms with E-state index in [0.717, 1.165) is 32.3 Å². The summed E-state index contributed by atoms with van der Waals surface area (Å²) in [6.45, 7) is 7.15. The molecule has 0 rings (SSSR count). The van der Waals surface area contributed by atoms with E-state index in [1.54, 1.807) is 0 Å². The van der Waals surface area contributed by atoms with Gasteiger partial charge in [-0.25, -0.2) is 0 Å². The lowest BCUT2D eigenvalue weighted by molar-refractivity contribution is 0.0789. The highest BCUT2D eigenvalue weighted by Gasteiger charge is 2.01. The quantitative estimate of drug-likeness (QED) is 0.449. The van der Waals surface area contributed by atoms with E-state index in [9.17, 15) is 5.11 Å². The minimum atomic E-state index is -0.222. The van der Waals surface area contributed by atoms with Gasteiger partial charge >= 0.3 is 0 Å². The van der Waals surface area contributed by atoms with Crippen molar-refractivity contribution in [2.24, 2.45) is 0 Å². The van der Waals surface area contributed by atoms with Crippen molar-refractivity contribution in [1.82, 2.24) is 0 Å². The summed E-state index contributed by atoms with van der Waals surface area (Å²) < 4.78 is 5.25. The molecule has 0 spiro atoms. The molecule has 1 N–H and O–H groups in total. The van der Waals surface area contributed by atoms with Gasteiger partial charge in [0.1, 0.15) is 0 Å². The molecule has 2 nitrogen and oxygen atoms in total. The number of hydrogen-bond acceptors (Lipinski definition) is 2. The maximum Gasteiger partial charge on any atom is 0.0565 e. The van der Waals surface area contributed by atoms with Gasteiger partial charge in [-0.15, -0.1) is 6.58 Å². The summed E-state index contributed by atoms with van der Waals surface area (Å²) >= 11 is 0. The molecule has 2 heteroatoms. The molecule has 0 aromatic heterocycles. The third-order valence-electron chi connectivity index (χ3n) is 1.65. The van der Waals surface area contributed by atoms with Gasteiger partial charge in [0.05, 0.1) is 6.10 Å². The van der Waals surface area contributed by atoms with Crippen LogP contribution in [0.5, 0.6) is 0 Å². The molecular formula is C10H20O2. The highest BCUT2D eigenvalue weighted by atomic mass is 16.5. The third kappa shape index (κ3) is 7.76. The molecule has 0 heterocycles. The monoisotopic (exact) mass is 172 g/mol. The van der Waals surface area contributed by atoms with Crippen LogP contribution in [-0.4, -0.2) is 24.4 Å². The number of rotatable bonds is 8. The summed E-state index contributed by atoms with van der Waals surface area (Å²) in [6.07, 6.45) is 5.08. The zero-order valence-electron chi connectivity index (χ0n) is 7.96. The van der Waals surface area contributed by atoms with E-state index in [2.05, 4.69) is 13.5 Å². The molecule has 1 unspecified atom stereocenters. The molecule has 0 amide bonds. The Morgan fingerprint density at radius 2 is 2.17 bits per heavy atom. The molecule has 0 aromatic carbocycles. The Labute approximate surface area is 75.2 Å². The molecule has 0 aliphatic carbocycles. The average Bonchev–Trinajstić information content (AvgIpc) is 2.09. The van der Waals surface area contributed by atoms with Crippen LogP contribution in [0, 0.1) is 0 Å². The Kier molecular flexibility index (Phi) is 8.51. The second kappa shape index (κ2) is 8.75. The lowest BCUT2D eigenvalue weighted by Gasteiger charge is -2.08. The van der Waals surface area contributed by atoms with Gasteiger partial charge in [-0.05, 0) is 25.7 Å². The van der Waals surface area contributed by atoms with Crippen LogP contribution >= 0.6 is 0 Å². The minimum Gasteiger partial charge on any atom is -0.393 e. The van der Waals surface area contributed by atoms with Gasteiger partial charge < -0.3 is 9.84 Å². The highest BCUT2D eigenvalue weighted by molar-refractivity contribution is 4.68. The first-order valence-corrected chi connectivity index (χ1v) is 4.68. The zero-order valence-corrected chi connectivity index (χ0v) is 7.96. The molecule has 1 atom stereocenters. The smallest absolute Gasteiger partial charge is 0.0565 e. The van der Waals surface area contributed by atoms with Crippen molar-refractivity contribution >= 4 is 0 Å². The summed E-state index contributed by atoms with van der Waals surface area (Å²) in [4.78, 5) is 0. The van der Waals surface area contributed by atoms with Crippen LogP contribution < -0.4 is 0 Å². The number of aliphatic hydroxyl groups excluding tert-OH is 1. The number of allylic oxidation sites excluding steroid dienone is 1. The van der Waals surface area contributed by atoms with E-state index in [4.69, 9.17) is 4.74 Å². The van der Waals surface area contributed by atoms with E-state index in [-0.39, 0.29) is 6.10 Å². The molecule has 12 heavy (non-hydrogen) atoms. The Balaban J connectivity index is 3.07. The predicted molar refractivity (Wildman–Crippen MR) is 51.2 cm³/mol. The van der Waals surface area contributed by atoms with Crippen LogP contribution in [0.4, 0.5) is 0 Å². The first-order valence-electron chi connectivity index (χ1n) is 4.68. The minimum absolute atomic E-state index is 0.222. The summed E-state index contributed by atoms with van der Waals surface area (Å²) in [6, 6.07) is 0. The maximum atomic E-state index is 9.35. The average molecular weight is 172 g/mol. The maximum absolute atomic E-state index is 9.35. The Morgan fingerprint density at radius 1 is 1.42 bits per heavy atom. The van der Waals surface area contributed by atoms with E-state index < -0.39 is 0 Å². The fourth-order valence-electron chi connectivity index (χ4n) is 0.920. The van der Waals surface area contributed by atoms with Gasteiger partial charge in [0.25, 0.3) is 0 Å². The van der Waals surface area contributed by atoms with E-state index in [0.29, 0.717) is 6.61 Å². The van der Waals surface area contributed by atoms with Gasteiger partial charge in [-0.2, -0.15) is 0 Å².